The van der Waals surface area contributed by atoms with Crippen molar-refractivity contribution in [1.82, 2.24) is 14.9 Å². The zero-order valence-corrected chi connectivity index (χ0v) is 14.2. The molecule has 1 fully saturated rings. The summed E-state index contributed by atoms with van der Waals surface area (Å²) >= 11 is 0. The molecule has 1 aromatic heterocycles. The Hall–Kier alpha value is -1.83. The van der Waals surface area contributed by atoms with E-state index >= 15 is 0 Å². The fraction of sp³-hybridized carbons (Fsp3) is 0.500. The van der Waals surface area contributed by atoms with Gasteiger partial charge in [-0.1, -0.05) is 12.1 Å². The van der Waals surface area contributed by atoms with Gasteiger partial charge in [-0.3, -0.25) is 9.36 Å². The molecular formula is C16H23ClN4O3. The predicted octanol–water partition coefficient (Wildman–Crippen LogP) is 0.621. The SMILES string of the molecule is Cl.NC(C(=O)NCCn1c(=O)[nH]c2ccccc21)C1CCOCC1. The van der Waals surface area contributed by atoms with Gasteiger partial charge in [-0.05, 0) is 30.9 Å². The van der Waals surface area contributed by atoms with Gasteiger partial charge in [0, 0.05) is 26.3 Å². The van der Waals surface area contributed by atoms with Crippen LogP contribution in [0.5, 0.6) is 0 Å². The number of amides is 1. The molecular weight excluding hydrogens is 332 g/mol. The molecule has 132 valence electrons. The van der Waals surface area contributed by atoms with E-state index in [0.717, 1.165) is 23.9 Å². The lowest BCUT2D eigenvalue weighted by Crippen LogP contribution is -2.47. The molecule has 1 aliphatic heterocycles. The molecule has 1 atom stereocenters. The smallest absolute Gasteiger partial charge is 0.326 e. The monoisotopic (exact) mass is 354 g/mol. The Kier molecular flexibility index (Phi) is 6.42. The highest BCUT2D eigenvalue weighted by atomic mass is 35.5. The van der Waals surface area contributed by atoms with Crippen LogP contribution < -0.4 is 16.7 Å². The van der Waals surface area contributed by atoms with E-state index in [1.54, 1.807) is 4.57 Å². The molecule has 1 amide bonds. The second-order valence-electron chi connectivity index (χ2n) is 5.87. The Bertz CT molecular complexity index is 736. The molecule has 0 spiro atoms. The summed E-state index contributed by atoms with van der Waals surface area (Å²) in [6.07, 6.45) is 1.63. The summed E-state index contributed by atoms with van der Waals surface area (Å²) < 4.78 is 6.91. The van der Waals surface area contributed by atoms with E-state index in [9.17, 15) is 9.59 Å². The third kappa shape index (κ3) is 3.98. The average Bonchev–Trinajstić information content (AvgIpc) is 2.90. The average molecular weight is 355 g/mol. The minimum Gasteiger partial charge on any atom is -0.381 e. The van der Waals surface area contributed by atoms with Crippen LogP contribution in [0.15, 0.2) is 29.1 Å². The lowest BCUT2D eigenvalue weighted by Gasteiger charge is -2.26. The molecule has 8 heteroatoms. The summed E-state index contributed by atoms with van der Waals surface area (Å²) in [7, 11) is 0. The molecule has 2 aromatic rings. The van der Waals surface area contributed by atoms with E-state index < -0.39 is 6.04 Å². The van der Waals surface area contributed by atoms with Gasteiger partial charge in [-0.15, -0.1) is 12.4 Å². The summed E-state index contributed by atoms with van der Waals surface area (Å²) in [5, 5.41) is 2.83. The molecule has 2 heterocycles. The molecule has 1 aliphatic rings. The van der Waals surface area contributed by atoms with E-state index in [4.69, 9.17) is 10.5 Å². The van der Waals surface area contributed by atoms with Crippen LogP contribution in [0.4, 0.5) is 0 Å². The van der Waals surface area contributed by atoms with Crippen LogP contribution in [0.3, 0.4) is 0 Å². The normalized spacial score (nSPS) is 16.5. The minimum absolute atomic E-state index is 0. The summed E-state index contributed by atoms with van der Waals surface area (Å²) in [6.45, 7) is 2.11. The standard InChI is InChI=1S/C16H22N4O3.ClH/c17-14(11-5-9-23-10-6-11)15(21)18-7-8-20-13-4-2-1-3-12(13)19-16(20)22;/h1-4,11,14H,5-10,17H2,(H,18,21)(H,19,22);1H. The Morgan fingerprint density at radius 2 is 2.08 bits per heavy atom. The van der Waals surface area contributed by atoms with Crippen molar-refractivity contribution in [3.05, 3.63) is 34.7 Å². The van der Waals surface area contributed by atoms with Crippen LogP contribution in [-0.2, 0) is 16.1 Å². The first-order valence-electron chi connectivity index (χ1n) is 7.95. The third-order valence-electron chi connectivity index (χ3n) is 4.39. The number of nitrogens with two attached hydrogens (primary N) is 1. The number of carbonyl (C=O) groups is 1. The number of hydrogen-bond acceptors (Lipinski definition) is 4. The highest BCUT2D eigenvalue weighted by Crippen LogP contribution is 2.17. The molecule has 0 saturated carbocycles. The molecule has 3 rings (SSSR count). The highest BCUT2D eigenvalue weighted by Gasteiger charge is 2.26. The number of imidazole rings is 1. The van der Waals surface area contributed by atoms with E-state index in [1.165, 1.54) is 0 Å². The van der Waals surface area contributed by atoms with E-state index in [-0.39, 0.29) is 29.9 Å². The van der Waals surface area contributed by atoms with Crippen molar-refractivity contribution in [2.45, 2.75) is 25.4 Å². The number of carbonyl (C=O) groups excluding carboxylic acids is 1. The van der Waals surface area contributed by atoms with Crippen molar-refractivity contribution in [3.63, 3.8) is 0 Å². The lowest BCUT2D eigenvalue weighted by atomic mass is 9.92. The quantitative estimate of drug-likeness (QED) is 0.732. The topological polar surface area (TPSA) is 102 Å². The van der Waals surface area contributed by atoms with Crippen LogP contribution in [0.2, 0.25) is 0 Å². The predicted molar refractivity (Wildman–Crippen MR) is 94.3 cm³/mol. The molecule has 24 heavy (non-hydrogen) atoms. The number of hydrogen-bond donors (Lipinski definition) is 3. The molecule has 1 aromatic carbocycles. The van der Waals surface area contributed by atoms with Crippen molar-refractivity contribution in [2.24, 2.45) is 11.7 Å². The Morgan fingerprint density at radius 3 is 2.83 bits per heavy atom. The Morgan fingerprint density at radius 1 is 1.38 bits per heavy atom. The second-order valence-corrected chi connectivity index (χ2v) is 5.87. The largest absolute Gasteiger partial charge is 0.381 e. The number of ether oxygens (including phenoxy) is 1. The van der Waals surface area contributed by atoms with Gasteiger partial charge in [0.1, 0.15) is 0 Å². The summed E-state index contributed by atoms with van der Waals surface area (Å²) in [5.41, 5.74) is 7.49. The summed E-state index contributed by atoms with van der Waals surface area (Å²) in [5.74, 6) is 0.00403. The minimum atomic E-state index is -0.515. The van der Waals surface area contributed by atoms with Crippen molar-refractivity contribution in [3.8, 4) is 0 Å². The Balaban J connectivity index is 0.00000208. The van der Waals surface area contributed by atoms with Gasteiger partial charge in [0.15, 0.2) is 0 Å². The van der Waals surface area contributed by atoms with Crippen molar-refractivity contribution >= 4 is 29.3 Å². The maximum Gasteiger partial charge on any atom is 0.326 e. The summed E-state index contributed by atoms with van der Waals surface area (Å²) in [6, 6.07) is 6.97. The number of fused-ring (bicyclic) bond motifs is 1. The van der Waals surface area contributed by atoms with Crippen LogP contribution >= 0.6 is 12.4 Å². The van der Waals surface area contributed by atoms with E-state index in [0.29, 0.717) is 26.3 Å². The number of H-pyrrole nitrogens is 1. The van der Waals surface area contributed by atoms with Crippen LogP contribution in [0.1, 0.15) is 12.8 Å². The molecule has 1 saturated heterocycles. The van der Waals surface area contributed by atoms with Crippen LogP contribution in [0, 0.1) is 5.92 Å². The number of nitrogens with one attached hydrogen (secondary N) is 2. The van der Waals surface area contributed by atoms with Crippen molar-refractivity contribution in [1.29, 1.82) is 0 Å². The van der Waals surface area contributed by atoms with Crippen molar-refractivity contribution < 1.29 is 9.53 Å². The fourth-order valence-electron chi connectivity index (χ4n) is 3.03. The third-order valence-corrected chi connectivity index (χ3v) is 4.39. The van der Waals surface area contributed by atoms with Gasteiger partial charge >= 0.3 is 5.69 Å². The first-order chi connectivity index (χ1) is 11.2. The zero-order valence-electron chi connectivity index (χ0n) is 13.4. The number of nitrogens with zero attached hydrogens (tertiary/aromatic N) is 1. The number of benzene rings is 1. The number of aromatic nitrogens is 2. The maximum absolute atomic E-state index is 12.1. The van der Waals surface area contributed by atoms with Crippen molar-refractivity contribution in [2.75, 3.05) is 19.8 Å². The first-order valence-corrected chi connectivity index (χ1v) is 7.95. The van der Waals surface area contributed by atoms with E-state index in [1.807, 2.05) is 24.3 Å². The van der Waals surface area contributed by atoms with Gasteiger partial charge in [-0.2, -0.15) is 0 Å². The first kappa shape index (κ1) is 18.5. The van der Waals surface area contributed by atoms with Gasteiger partial charge in [-0.25, -0.2) is 4.79 Å². The fourth-order valence-corrected chi connectivity index (χ4v) is 3.03. The van der Waals surface area contributed by atoms with E-state index in [2.05, 4.69) is 10.3 Å². The van der Waals surface area contributed by atoms with Gasteiger partial charge < -0.3 is 20.8 Å². The molecule has 0 aliphatic carbocycles. The van der Waals surface area contributed by atoms with Crippen LogP contribution in [-0.4, -0.2) is 41.3 Å². The summed E-state index contributed by atoms with van der Waals surface area (Å²) in [4.78, 5) is 26.9. The highest BCUT2D eigenvalue weighted by molar-refractivity contribution is 5.85. The molecule has 4 N–H and O–H groups in total. The zero-order chi connectivity index (χ0) is 16.2. The molecule has 0 bridgehead atoms. The van der Waals surface area contributed by atoms with Gasteiger partial charge in [0.2, 0.25) is 5.91 Å². The number of aromatic amines is 1. The molecule has 1 unspecified atom stereocenters. The lowest BCUT2D eigenvalue weighted by molar-refractivity contribution is -0.124. The van der Waals surface area contributed by atoms with Gasteiger partial charge in [0.05, 0.1) is 17.1 Å². The number of halogens is 1. The second kappa shape index (κ2) is 8.32. The Labute approximate surface area is 146 Å². The van der Waals surface area contributed by atoms with Crippen LogP contribution in [0.25, 0.3) is 11.0 Å². The molecule has 7 nitrogen and oxygen atoms in total. The molecule has 0 radical (unpaired) electrons. The number of rotatable bonds is 5. The van der Waals surface area contributed by atoms with Gasteiger partial charge in [0.25, 0.3) is 0 Å². The number of para-hydroxylation sites is 2. The maximum atomic E-state index is 12.1.